The maximum absolute atomic E-state index is 10.9. The van der Waals surface area contributed by atoms with E-state index in [4.69, 9.17) is 10.3 Å². The van der Waals surface area contributed by atoms with Crippen molar-refractivity contribution in [1.29, 1.82) is 0 Å². The Morgan fingerprint density at radius 3 is 2.53 bits per heavy atom. The Kier molecular flexibility index (Phi) is 3.46. The van der Waals surface area contributed by atoms with Crippen molar-refractivity contribution in [2.75, 3.05) is 5.73 Å². The molecule has 3 N–H and O–H groups in total. The number of hydrogen-bond donors (Lipinski definition) is 2. The van der Waals surface area contributed by atoms with Crippen LogP contribution in [0.5, 0.6) is 0 Å². The fourth-order valence-electron chi connectivity index (χ4n) is 1.54. The van der Waals surface area contributed by atoms with Crippen LogP contribution in [0.1, 0.15) is 5.56 Å². The third-order valence-electron chi connectivity index (χ3n) is 2.28. The van der Waals surface area contributed by atoms with E-state index in [0.29, 0.717) is 0 Å². The van der Waals surface area contributed by atoms with Crippen molar-refractivity contribution in [3.8, 4) is 11.1 Å². The number of nitrogens with zero attached hydrogens (tertiary/aromatic N) is 2. The van der Waals surface area contributed by atoms with E-state index in [1.165, 1.54) is 0 Å². The number of aromatic nitrogens is 2. The molecule has 0 radical (unpaired) electrons. The van der Waals surface area contributed by atoms with Crippen LogP contribution < -0.4 is 5.73 Å². The van der Waals surface area contributed by atoms with Crippen LogP contribution in [-0.4, -0.2) is 18.7 Å². The Labute approximate surface area is 101 Å². The predicted molar refractivity (Wildman–Crippen MR) is 66.4 cm³/mol. The summed E-state index contributed by atoms with van der Waals surface area (Å²) in [6, 6.07) is 7.34. The molecular weight excluding hydrogens is 238 g/mol. The molecule has 0 spiro atoms. The van der Waals surface area contributed by atoms with Crippen LogP contribution in [0, 0.1) is 0 Å². The summed E-state index contributed by atoms with van der Waals surface area (Å²) in [4.78, 5) is 7.81. The molecule has 0 fully saturated rings. The Balaban J connectivity index is 2.44. The van der Waals surface area contributed by atoms with Crippen LogP contribution in [0.2, 0.25) is 0 Å². The Bertz CT molecular complexity index is 543. The van der Waals surface area contributed by atoms with Gasteiger partial charge in [-0.1, -0.05) is 24.3 Å². The van der Waals surface area contributed by atoms with Crippen LogP contribution in [0.4, 0.5) is 5.95 Å². The summed E-state index contributed by atoms with van der Waals surface area (Å²) in [7, 11) is 0. The highest BCUT2D eigenvalue weighted by Crippen LogP contribution is 2.23. The number of benzene rings is 1. The first-order valence-electron chi connectivity index (χ1n) is 4.90. The normalized spacial score (nSPS) is 12.3. The Hall–Kier alpha value is -1.79. The second kappa shape index (κ2) is 5.03. The minimum absolute atomic E-state index is 0.0839. The zero-order valence-electron chi connectivity index (χ0n) is 8.91. The van der Waals surface area contributed by atoms with Crippen molar-refractivity contribution in [1.82, 2.24) is 9.97 Å². The van der Waals surface area contributed by atoms with E-state index >= 15 is 0 Å². The summed E-state index contributed by atoms with van der Waals surface area (Å²) < 4.78 is 19.8. The van der Waals surface area contributed by atoms with Gasteiger partial charge in [0.25, 0.3) is 0 Å². The van der Waals surface area contributed by atoms with E-state index in [0.717, 1.165) is 16.7 Å². The Morgan fingerprint density at radius 1 is 1.24 bits per heavy atom. The molecule has 0 amide bonds. The highest BCUT2D eigenvalue weighted by atomic mass is 32.2. The smallest absolute Gasteiger partial charge is 0.219 e. The zero-order chi connectivity index (χ0) is 12.3. The summed E-state index contributed by atoms with van der Waals surface area (Å²) in [6.45, 7) is 0. The first kappa shape index (κ1) is 11.7. The highest BCUT2D eigenvalue weighted by molar-refractivity contribution is 7.78. The quantitative estimate of drug-likeness (QED) is 0.803. The van der Waals surface area contributed by atoms with Crippen molar-refractivity contribution >= 4 is 17.0 Å². The lowest BCUT2D eigenvalue weighted by Crippen LogP contribution is -1.98. The molecule has 1 heterocycles. The van der Waals surface area contributed by atoms with Gasteiger partial charge in [-0.25, -0.2) is 14.2 Å². The second-order valence-corrected chi connectivity index (χ2v) is 4.38. The molecule has 2 rings (SSSR count). The molecule has 1 aromatic carbocycles. The van der Waals surface area contributed by atoms with E-state index < -0.39 is 11.1 Å². The van der Waals surface area contributed by atoms with Gasteiger partial charge in [-0.2, -0.15) is 0 Å². The summed E-state index contributed by atoms with van der Waals surface area (Å²) in [5, 5.41) is 0. The molecule has 0 aliphatic heterocycles. The average Bonchev–Trinajstić information content (AvgIpc) is 2.30. The molecule has 0 saturated heterocycles. The van der Waals surface area contributed by atoms with E-state index in [-0.39, 0.29) is 11.7 Å². The fourth-order valence-corrected chi connectivity index (χ4v) is 2.06. The largest absolute Gasteiger partial charge is 0.368 e. The first-order valence-corrected chi connectivity index (χ1v) is 6.17. The fraction of sp³-hybridized carbons (Fsp3) is 0.0909. The molecule has 0 aliphatic carbocycles. The van der Waals surface area contributed by atoms with Gasteiger partial charge in [0.1, 0.15) is 0 Å². The van der Waals surface area contributed by atoms with Gasteiger partial charge >= 0.3 is 0 Å². The topological polar surface area (TPSA) is 89.1 Å². The van der Waals surface area contributed by atoms with Crippen molar-refractivity contribution in [3.63, 3.8) is 0 Å². The molecule has 1 aromatic heterocycles. The van der Waals surface area contributed by atoms with Gasteiger partial charge in [-0.05, 0) is 11.1 Å². The summed E-state index contributed by atoms with van der Waals surface area (Å²) in [5.41, 5.74) is 7.81. The van der Waals surface area contributed by atoms with E-state index in [9.17, 15) is 4.21 Å². The van der Waals surface area contributed by atoms with Crippen LogP contribution in [0.15, 0.2) is 36.7 Å². The third kappa shape index (κ3) is 2.86. The second-order valence-electron chi connectivity index (χ2n) is 3.45. The predicted octanol–water partition coefficient (Wildman–Crippen LogP) is 1.45. The summed E-state index contributed by atoms with van der Waals surface area (Å²) >= 11 is -1.87. The standard InChI is InChI=1S/C11H11N3O2S/c12-11-13-5-9(6-14-11)10-4-2-1-3-8(10)7-17(15)16/h1-6H,7H2,(H,15,16)(H2,12,13,14). The van der Waals surface area contributed by atoms with Crippen LogP contribution >= 0.6 is 0 Å². The molecule has 2 aromatic rings. The lowest BCUT2D eigenvalue weighted by Gasteiger charge is -2.07. The number of nitrogens with two attached hydrogens (primary N) is 1. The van der Waals surface area contributed by atoms with Crippen LogP contribution in [0.25, 0.3) is 11.1 Å². The molecule has 1 unspecified atom stereocenters. The number of anilines is 1. The van der Waals surface area contributed by atoms with E-state index in [2.05, 4.69) is 9.97 Å². The van der Waals surface area contributed by atoms with Gasteiger partial charge < -0.3 is 10.3 Å². The van der Waals surface area contributed by atoms with E-state index in [1.807, 2.05) is 18.2 Å². The lowest BCUT2D eigenvalue weighted by molar-refractivity contribution is 0.563. The number of rotatable bonds is 3. The van der Waals surface area contributed by atoms with Crippen molar-refractivity contribution < 1.29 is 8.76 Å². The van der Waals surface area contributed by atoms with Crippen LogP contribution in [-0.2, 0) is 16.8 Å². The maximum atomic E-state index is 10.9. The van der Waals surface area contributed by atoms with E-state index in [1.54, 1.807) is 18.5 Å². The van der Waals surface area contributed by atoms with Gasteiger partial charge in [0.15, 0.2) is 11.1 Å². The molecule has 1 atom stereocenters. The van der Waals surface area contributed by atoms with Gasteiger partial charge in [0.05, 0.1) is 5.75 Å². The van der Waals surface area contributed by atoms with Gasteiger partial charge in [-0.3, -0.25) is 0 Å². The third-order valence-corrected chi connectivity index (χ3v) is 2.84. The molecule has 0 saturated carbocycles. The zero-order valence-corrected chi connectivity index (χ0v) is 9.72. The molecule has 6 heteroatoms. The van der Waals surface area contributed by atoms with Crippen molar-refractivity contribution in [2.45, 2.75) is 5.75 Å². The SMILES string of the molecule is Nc1ncc(-c2ccccc2CS(=O)O)cn1. The van der Waals surface area contributed by atoms with Crippen LogP contribution in [0.3, 0.4) is 0 Å². The van der Waals surface area contributed by atoms with Gasteiger partial charge in [0.2, 0.25) is 5.95 Å². The maximum Gasteiger partial charge on any atom is 0.219 e. The van der Waals surface area contributed by atoms with Crippen molar-refractivity contribution in [3.05, 3.63) is 42.2 Å². The van der Waals surface area contributed by atoms with Gasteiger partial charge in [0, 0.05) is 18.0 Å². The molecule has 88 valence electrons. The highest BCUT2D eigenvalue weighted by Gasteiger charge is 2.07. The molecule has 17 heavy (non-hydrogen) atoms. The van der Waals surface area contributed by atoms with Crippen molar-refractivity contribution in [2.24, 2.45) is 0 Å². The lowest BCUT2D eigenvalue weighted by atomic mass is 10.0. The Morgan fingerprint density at radius 2 is 1.88 bits per heavy atom. The monoisotopic (exact) mass is 249 g/mol. The average molecular weight is 249 g/mol. The molecule has 0 aliphatic rings. The minimum Gasteiger partial charge on any atom is -0.368 e. The minimum atomic E-state index is -1.87. The number of nitrogen functional groups attached to an aromatic ring is 1. The van der Waals surface area contributed by atoms with Gasteiger partial charge in [-0.15, -0.1) is 0 Å². The molecule has 0 bridgehead atoms. The molecular formula is C11H11N3O2S. The summed E-state index contributed by atoms with van der Waals surface area (Å²) in [5.74, 6) is 0.289. The first-order chi connectivity index (χ1) is 8.16. The number of hydrogen-bond acceptors (Lipinski definition) is 4. The summed E-state index contributed by atoms with van der Waals surface area (Å²) in [6.07, 6.45) is 3.20. The molecule has 5 nitrogen and oxygen atoms in total.